The van der Waals surface area contributed by atoms with Crippen LogP contribution in [0.1, 0.15) is 48.2 Å². The molecule has 2 N–H and O–H groups in total. The molecule has 0 saturated carbocycles. The zero-order chi connectivity index (χ0) is 19.5. The lowest BCUT2D eigenvalue weighted by atomic mass is 10.0. The maximum Gasteiger partial charge on any atom is 0.416 e. The van der Waals surface area contributed by atoms with Crippen LogP contribution in [0.2, 0.25) is 0 Å². The first-order chi connectivity index (χ1) is 12.0. The van der Waals surface area contributed by atoms with Crippen LogP contribution in [-0.2, 0) is 12.4 Å². The molecule has 2 aromatic carbocycles. The van der Waals surface area contributed by atoms with Gasteiger partial charge in [0.25, 0.3) is 0 Å². The van der Waals surface area contributed by atoms with Crippen molar-refractivity contribution in [3.8, 4) is 0 Å². The van der Waals surface area contributed by atoms with Crippen molar-refractivity contribution in [1.29, 1.82) is 0 Å². The van der Waals surface area contributed by atoms with E-state index >= 15 is 0 Å². The third-order valence-corrected chi connectivity index (χ3v) is 3.94. The molecule has 0 fully saturated rings. The second kappa shape index (κ2) is 7.67. The number of hydrazine groups is 1. The van der Waals surface area contributed by atoms with Gasteiger partial charge in [-0.25, -0.2) is 0 Å². The summed E-state index contributed by atoms with van der Waals surface area (Å²) in [5, 5.41) is 0. The Labute approximate surface area is 147 Å². The summed E-state index contributed by atoms with van der Waals surface area (Å²) in [4.78, 5) is 0. The molecule has 0 aromatic heterocycles. The Kier molecular flexibility index (Phi) is 5.98. The van der Waals surface area contributed by atoms with Crippen molar-refractivity contribution >= 4 is 0 Å². The first kappa shape index (κ1) is 20.3. The molecule has 0 amide bonds. The van der Waals surface area contributed by atoms with Gasteiger partial charge in [-0.1, -0.05) is 24.3 Å². The smallest absolute Gasteiger partial charge is 0.250 e. The number of hydrogen-bond acceptors (Lipinski definition) is 2. The van der Waals surface area contributed by atoms with E-state index in [0.29, 0.717) is 11.1 Å². The Morgan fingerprint density at radius 1 is 0.654 bits per heavy atom. The van der Waals surface area contributed by atoms with Crippen molar-refractivity contribution < 1.29 is 26.3 Å². The Bertz CT molecular complexity index is 675. The maximum atomic E-state index is 12.8. The molecule has 0 aliphatic carbocycles. The molecule has 0 radical (unpaired) electrons. The molecule has 8 heteroatoms. The van der Waals surface area contributed by atoms with Crippen molar-refractivity contribution in [3.05, 3.63) is 70.8 Å². The third-order valence-electron chi connectivity index (χ3n) is 3.94. The average molecular weight is 376 g/mol. The topological polar surface area (TPSA) is 24.1 Å². The summed E-state index contributed by atoms with van der Waals surface area (Å²) in [5.74, 6) is 0. The molecule has 0 heterocycles. The highest BCUT2D eigenvalue weighted by Gasteiger charge is 2.31. The van der Waals surface area contributed by atoms with Gasteiger partial charge in [-0.2, -0.15) is 26.3 Å². The molecule has 0 saturated heterocycles. The number of nitrogens with one attached hydrogen (secondary N) is 2. The Morgan fingerprint density at radius 3 is 1.31 bits per heavy atom. The van der Waals surface area contributed by atoms with Gasteiger partial charge < -0.3 is 0 Å². The number of alkyl halides is 6. The number of hydrogen-bond donors (Lipinski definition) is 2. The van der Waals surface area contributed by atoms with Gasteiger partial charge in [-0.3, -0.25) is 10.9 Å². The lowest BCUT2D eigenvalue weighted by Gasteiger charge is -2.21. The van der Waals surface area contributed by atoms with Gasteiger partial charge in [0, 0.05) is 12.1 Å². The number of halogens is 6. The molecule has 0 bridgehead atoms. The van der Waals surface area contributed by atoms with Crippen molar-refractivity contribution in [2.24, 2.45) is 0 Å². The van der Waals surface area contributed by atoms with Gasteiger partial charge in [-0.15, -0.1) is 0 Å². The lowest BCUT2D eigenvalue weighted by Crippen LogP contribution is -2.36. The predicted molar refractivity (Wildman–Crippen MR) is 86.0 cm³/mol. The van der Waals surface area contributed by atoms with Gasteiger partial charge in [0.05, 0.1) is 11.1 Å². The standard InChI is InChI=1S/C18H18F6N2/c1-11(13-5-3-7-15(9-13)17(19,20)21)25-26-12(2)14-6-4-8-16(10-14)18(22,23)24/h3-12,25-26H,1-2H3/t11-,12?/m0/s1. The van der Waals surface area contributed by atoms with Crippen molar-refractivity contribution in [3.63, 3.8) is 0 Å². The van der Waals surface area contributed by atoms with Gasteiger partial charge in [0.1, 0.15) is 0 Å². The van der Waals surface area contributed by atoms with Gasteiger partial charge in [0.2, 0.25) is 0 Å². The molecule has 2 aromatic rings. The first-order valence-corrected chi connectivity index (χ1v) is 7.84. The minimum absolute atomic E-state index is 0.406. The van der Waals surface area contributed by atoms with Gasteiger partial charge in [0.15, 0.2) is 0 Å². The average Bonchev–Trinajstić information content (AvgIpc) is 2.58. The highest BCUT2D eigenvalue weighted by molar-refractivity contribution is 5.29. The fourth-order valence-electron chi connectivity index (χ4n) is 2.39. The Hall–Kier alpha value is -2.06. The largest absolute Gasteiger partial charge is 0.416 e. The van der Waals surface area contributed by atoms with E-state index in [0.717, 1.165) is 24.3 Å². The zero-order valence-corrected chi connectivity index (χ0v) is 14.0. The van der Waals surface area contributed by atoms with E-state index in [4.69, 9.17) is 0 Å². The normalized spacial score (nSPS) is 14.9. The summed E-state index contributed by atoms with van der Waals surface area (Å²) >= 11 is 0. The second-order valence-corrected chi connectivity index (χ2v) is 5.98. The van der Waals surface area contributed by atoms with Crippen molar-refractivity contribution in [2.45, 2.75) is 38.3 Å². The van der Waals surface area contributed by atoms with Gasteiger partial charge >= 0.3 is 12.4 Å². The van der Waals surface area contributed by atoms with E-state index in [1.165, 1.54) is 12.1 Å². The molecular formula is C18H18F6N2. The third kappa shape index (κ3) is 5.22. The van der Waals surface area contributed by atoms with Crippen LogP contribution in [0.3, 0.4) is 0 Å². The molecule has 2 atom stereocenters. The Balaban J connectivity index is 2.04. The van der Waals surface area contributed by atoms with E-state index in [2.05, 4.69) is 10.9 Å². The molecular weight excluding hydrogens is 358 g/mol. The molecule has 0 aliphatic heterocycles. The van der Waals surface area contributed by atoms with Crippen LogP contribution in [0, 0.1) is 0 Å². The summed E-state index contributed by atoms with van der Waals surface area (Å²) in [5.41, 5.74) is 4.97. The van der Waals surface area contributed by atoms with E-state index < -0.39 is 35.6 Å². The van der Waals surface area contributed by atoms with Crippen molar-refractivity contribution in [1.82, 2.24) is 10.9 Å². The molecule has 1 unspecified atom stereocenters. The quantitative estimate of drug-likeness (QED) is 0.521. The predicted octanol–water partition coefficient (Wildman–Crippen LogP) is 5.64. The molecule has 0 spiro atoms. The first-order valence-electron chi connectivity index (χ1n) is 7.84. The summed E-state index contributed by atoms with van der Waals surface area (Å²) in [6, 6.07) is 8.79. The Morgan fingerprint density at radius 2 is 1.00 bits per heavy atom. The minimum atomic E-state index is -4.44. The van der Waals surface area contributed by atoms with Crippen LogP contribution in [-0.4, -0.2) is 0 Å². The summed E-state index contributed by atoms with van der Waals surface area (Å²) in [6.07, 6.45) is -8.87. The van der Waals surface area contributed by atoms with Crippen LogP contribution in [0.15, 0.2) is 48.5 Å². The fourth-order valence-corrected chi connectivity index (χ4v) is 2.39. The summed E-state index contributed by atoms with van der Waals surface area (Å²) < 4.78 is 76.6. The molecule has 2 rings (SSSR count). The van der Waals surface area contributed by atoms with E-state index in [-0.39, 0.29) is 0 Å². The van der Waals surface area contributed by atoms with Crippen molar-refractivity contribution in [2.75, 3.05) is 0 Å². The molecule has 2 nitrogen and oxygen atoms in total. The highest BCUT2D eigenvalue weighted by Crippen LogP contribution is 2.32. The van der Waals surface area contributed by atoms with E-state index in [1.807, 2.05) is 0 Å². The molecule has 142 valence electrons. The number of benzene rings is 2. The summed E-state index contributed by atoms with van der Waals surface area (Å²) in [6.45, 7) is 3.31. The SMILES string of the molecule is CC(NN[C@@H](C)c1cccc(C(F)(F)F)c1)c1cccc(C(F)(F)F)c1. The van der Waals surface area contributed by atoms with Crippen LogP contribution in [0.25, 0.3) is 0 Å². The monoisotopic (exact) mass is 376 g/mol. The maximum absolute atomic E-state index is 12.8. The molecule has 26 heavy (non-hydrogen) atoms. The minimum Gasteiger partial charge on any atom is -0.250 e. The highest BCUT2D eigenvalue weighted by atomic mass is 19.4. The van der Waals surface area contributed by atoms with Gasteiger partial charge in [-0.05, 0) is 49.2 Å². The van der Waals surface area contributed by atoms with Crippen LogP contribution < -0.4 is 10.9 Å². The van der Waals surface area contributed by atoms with Crippen LogP contribution >= 0.6 is 0 Å². The van der Waals surface area contributed by atoms with E-state index in [9.17, 15) is 26.3 Å². The molecule has 0 aliphatic rings. The lowest BCUT2D eigenvalue weighted by molar-refractivity contribution is -0.138. The zero-order valence-electron chi connectivity index (χ0n) is 14.0. The second-order valence-electron chi connectivity index (χ2n) is 5.98. The van der Waals surface area contributed by atoms with Crippen LogP contribution in [0.5, 0.6) is 0 Å². The van der Waals surface area contributed by atoms with E-state index in [1.54, 1.807) is 26.0 Å². The summed E-state index contributed by atoms with van der Waals surface area (Å²) in [7, 11) is 0. The number of rotatable bonds is 5. The van der Waals surface area contributed by atoms with Crippen LogP contribution in [0.4, 0.5) is 26.3 Å². The fraction of sp³-hybridized carbons (Fsp3) is 0.333.